The first-order valence-electron chi connectivity index (χ1n) is 8.62. The molecule has 0 spiro atoms. The van der Waals surface area contributed by atoms with Gasteiger partial charge in [-0.1, -0.05) is 6.07 Å². The van der Waals surface area contributed by atoms with Gasteiger partial charge in [0.15, 0.2) is 11.5 Å². The normalized spacial score (nSPS) is 34.8. The molecule has 0 aromatic heterocycles. The maximum atomic E-state index is 10.9. The van der Waals surface area contributed by atoms with E-state index in [-0.39, 0.29) is 11.5 Å². The van der Waals surface area contributed by atoms with Crippen LogP contribution in [0.25, 0.3) is 0 Å². The van der Waals surface area contributed by atoms with E-state index in [1.165, 1.54) is 5.56 Å². The maximum Gasteiger partial charge on any atom is 0.161 e. The van der Waals surface area contributed by atoms with Crippen LogP contribution in [0.15, 0.2) is 24.0 Å². The van der Waals surface area contributed by atoms with Crippen LogP contribution in [0.1, 0.15) is 24.0 Å². The number of fused-ring (bicyclic) bond motifs is 1. The highest BCUT2D eigenvalue weighted by molar-refractivity contribution is 5.57. The largest absolute Gasteiger partial charge is 0.504 e. The lowest BCUT2D eigenvalue weighted by Crippen LogP contribution is -2.61. The molecule has 1 unspecified atom stereocenters. The van der Waals surface area contributed by atoms with E-state index < -0.39 is 0 Å². The Hall–Kier alpha value is -1.72. The minimum absolute atomic E-state index is 0.133. The van der Waals surface area contributed by atoms with Crippen molar-refractivity contribution in [1.82, 2.24) is 4.90 Å². The van der Waals surface area contributed by atoms with Crippen molar-refractivity contribution >= 4 is 0 Å². The average Bonchev–Trinajstić information content (AvgIpc) is 2.57. The van der Waals surface area contributed by atoms with Gasteiger partial charge in [-0.05, 0) is 50.6 Å². The number of nitrogens with zero attached hydrogens (tertiary/aromatic N) is 1. The Kier molecular flexibility index (Phi) is 3.55. The summed E-state index contributed by atoms with van der Waals surface area (Å²) in [6.45, 7) is 1.01. The first-order chi connectivity index (χ1) is 11.5. The highest BCUT2D eigenvalue weighted by atomic mass is 16.5. The number of rotatable bonds is 2. The average molecular weight is 330 g/mol. The number of phenolic OH excluding ortho intramolecular Hbond substituents is 1. The van der Waals surface area contributed by atoms with Gasteiger partial charge in [0, 0.05) is 22.9 Å². The fourth-order valence-electron chi connectivity index (χ4n) is 5.28. The summed E-state index contributed by atoms with van der Waals surface area (Å²) >= 11 is 0. The summed E-state index contributed by atoms with van der Waals surface area (Å²) in [6, 6.07) is 4.27. The van der Waals surface area contributed by atoms with Crippen LogP contribution in [0, 0.1) is 5.92 Å². The molecular formula is C19H26N2O3. The van der Waals surface area contributed by atoms with Gasteiger partial charge in [0.1, 0.15) is 5.76 Å². The van der Waals surface area contributed by atoms with Crippen molar-refractivity contribution < 1.29 is 14.6 Å². The molecule has 130 valence electrons. The number of hydrogen-bond donors (Lipinski definition) is 2. The van der Waals surface area contributed by atoms with E-state index in [4.69, 9.17) is 15.2 Å². The molecule has 1 aliphatic heterocycles. The number of nitrogens with two attached hydrogens (primary N) is 1. The van der Waals surface area contributed by atoms with Crippen LogP contribution >= 0.6 is 0 Å². The number of likely N-dealkylation sites (tertiary alicyclic amines) is 1. The molecule has 24 heavy (non-hydrogen) atoms. The second-order valence-electron chi connectivity index (χ2n) is 7.42. The molecule has 3 N–H and O–H groups in total. The minimum atomic E-state index is -0.134. The number of piperidine rings is 1. The van der Waals surface area contributed by atoms with Gasteiger partial charge < -0.3 is 25.2 Å². The van der Waals surface area contributed by atoms with Crippen molar-refractivity contribution in [3.63, 3.8) is 0 Å². The topological polar surface area (TPSA) is 68.0 Å². The molecule has 1 heterocycles. The molecule has 1 fully saturated rings. The van der Waals surface area contributed by atoms with E-state index in [2.05, 4.69) is 24.1 Å². The Morgan fingerprint density at radius 1 is 1.29 bits per heavy atom. The fraction of sp³-hybridized carbons (Fsp3) is 0.579. The van der Waals surface area contributed by atoms with Crippen LogP contribution in [-0.4, -0.2) is 49.9 Å². The number of ether oxygens (including phenoxy) is 2. The van der Waals surface area contributed by atoms with Crippen LogP contribution in [0.5, 0.6) is 11.5 Å². The minimum Gasteiger partial charge on any atom is -0.504 e. The zero-order valence-electron chi connectivity index (χ0n) is 14.6. The Balaban J connectivity index is 1.95. The summed E-state index contributed by atoms with van der Waals surface area (Å²) in [5, 5.41) is 10.9. The van der Waals surface area contributed by atoms with E-state index >= 15 is 0 Å². The Labute approximate surface area is 143 Å². The molecule has 0 radical (unpaired) electrons. The van der Waals surface area contributed by atoms with E-state index in [0.29, 0.717) is 23.5 Å². The van der Waals surface area contributed by atoms with Crippen LogP contribution in [0.4, 0.5) is 0 Å². The van der Waals surface area contributed by atoms with Crippen molar-refractivity contribution in [3.05, 3.63) is 35.1 Å². The molecule has 5 nitrogen and oxygen atoms in total. The summed E-state index contributed by atoms with van der Waals surface area (Å²) in [7, 11) is 5.49. The zero-order valence-corrected chi connectivity index (χ0v) is 14.6. The van der Waals surface area contributed by atoms with Gasteiger partial charge in [-0.2, -0.15) is 0 Å². The third kappa shape index (κ3) is 1.94. The SMILES string of the molecule is COC1=C[C@H]2[C@@H]3Cc4ccc(OC)c(O)c4[C@]2(CCN3C)CC1N. The van der Waals surface area contributed by atoms with Crippen LogP contribution in [0.3, 0.4) is 0 Å². The van der Waals surface area contributed by atoms with E-state index in [1.807, 2.05) is 6.07 Å². The standard InChI is InChI=1S/C19H26N2O3/c1-21-7-6-19-10-13(20)16(24-3)9-12(19)14(21)8-11-4-5-15(23-2)18(22)17(11)19/h4-5,9,12-14,22H,6-8,10,20H2,1-3H3/t12-,13?,14-,19+/m0/s1. The molecule has 4 rings (SSSR count). The molecule has 0 amide bonds. The first-order valence-corrected chi connectivity index (χ1v) is 8.62. The smallest absolute Gasteiger partial charge is 0.161 e. The first kappa shape index (κ1) is 15.8. The highest BCUT2D eigenvalue weighted by Crippen LogP contribution is 2.58. The van der Waals surface area contributed by atoms with E-state index in [9.17, 15) is 5.11 Å². The zero-order chi connectivity index (χ0) is 17.1. The molecule has 1 saturated heterocycles. The Morgan fingerprint density at radius 3 is 2.79 bits per heavy atom. The van der Waals surface area contributed by atoms with Crippen molar-refractivity contribution in [2.45, 2.75) is 36.8 Å². The van der Waals surface area contributed by atoms with Crippen LogP contribution in [0.2, 0.25) is 0 Å². The molecular weight excluding hydrogens is 304 g/mol. The summed E-state index contributed by atoms with van der Waals surface area (Å²) in [5.74, 6) is 2.03. The Morgan fingerprint density at radius 2 is 2.08 bits per heavy atom. The quantitative estimate of drug-likeness (QED) is 0.865. The Bertz CT molecular complexity index is 702. The molecule has 1 aromatic carbocycles. The summed E-state index contributed by atoms with van der Waals surface area (Å²) < 4.78 is 10.9. The molecule has 3 aliphatic rings. The van der Waals surface area contributed by atoms with Gasteiger partial charge in [-0.25, -0.2) is 0 Å². The molecule has 2 aliphatic carbocycles. The van der Waals surface area contributed by atoms with Gasteiger partial charge in [0.25, 0.3) is 0 Å². The summed E-state index contributed by atoms with van der Waals surface area (Å²) in [6.07, 6.45) is 4.93. The number of phenols is 1. The number of hydrogen-bond acceptors (Lipinski definition) is 5. The van der Waals surface area contributed by atoms with Gasteiger partial charge in [0.05, 0.1) is 20.3 Å². The molecule has 4 atom stereocenters. The summed E-state index contributed by atoms with van der Waals surface area (Å²) in [5.41, 5.74) is 8.56. The highest BCUT2D eigenvalue weighted by Gasteiger charge is 2.56. The van der Waals surface area contributed by atoms with Crippen molar-refractivity contribution in [1.29, 1.82) is 0 Å². The van der Waals surface area contributed by atoms with Gasteiger partial charge in [0.2, 0.25) is 0 Å². The van der Waals surface area contributed by atoms with E-state index in [1.54, 1.807) is 14.2 Å². The van der Waals surface area contributed by atoms with Crippen LogP contribution in [-0.2, 0) is 16.6 Å². The number of benzene rings is 1. The lowest BCUT2D eigenvalue weighted by atomic mass is 9.53. The molecule has 2 bridgehead atoms. The predicted octanol–water partition coefficient (Wildman–Crippen LogP) is 1.78. The predicted molar refractivity (Wildman–Crippen MR) is 92.3 cm³/mol. The van der Waals surface area contributed by atoms with Crippen molar-refractivity contribution in [2.75, 3.05) is 27.8 Å². The van der Waals surface area contributed by atoms with Gasteiger partial charge in [-0.3, -0.25) is 0 Å². The number of likely N-dealkylation sites (N-methyl/N-ethyl adjacent to an activating group) is 1. The maximum absolute atomic E-state index is 10.9. The van der Waals surface area contributed by atoms with Crippen LogP contribution < -0.4 is 10.5 Å². The molecule has 1 aromatic rings. The lowest BCUT2D eigenvalue weighted by Gasteiger charge is -2.57. The van der Waals surface area contributed by atoms with Gasteiger partial charge >= 0.3 is 0 Å². The second-order valence-corrected chi connectivity index (χ2v) is 7.42. The molecule has 0 saturated carbocycles. The third-order valence-electron chi connectivity index (χ3n) is 6.43. The number of aromatic hydroxyl groups is 1. The monoisotopic (exact) mass is 330 g/mol. The third-order valence-corrected chi connectivity index (χ3v) is 6.43. The van der Waals surface area contributed by atoms with Crippen molar-refractivity contribution in [2.24, 2.45) is 11.7 Å². The fourth-order valence-corrected chi connectivity index (χ4v) is 5.28. The lowest BCUT2D eigenvalue weighted by molar-refractivity contribution is 0.0322. The summed E-state index contributed by atoms with van der Waals surface area (Å²) in [4.78, 5) is 2.44. The van der Waals surface area contributed by atoms with E-state index in [0.717, 1.165) is 37.1 Å². The number of methoxy groups -OCH3 is 2. The van der Waals surface area contributed by atoms with Gasteiger partial charge in [-0.15, -0.1) is 0 Å². The second kappa shape index (κ2) is 5.39. The van der Waals surface area contributed by atoms with Crippen molar-refractivity contribution in [3.8, 4) is 11.5 Å². The molecule has 5 heteroatoms.